The molecule has 0 aromatic carbocycles. The molecule has 0 aliphatic carbocycles. The smallest absolute Gasteiger partial charge is 0.243 e. The van der Waals surface area contributed by atoms with Gasteiger partial charge in [-0.2, -0.15) is 0 Å². The van der Waals surface area contributed by atoms with Crippen molar-refractivity contribution >= 4 is 11.8 Å². The summed E-state index contributed by atoms with van der Waals surface area (Å²) in [5, 5.41) is 2.62. The van der Waals surface area contributed by atoms with E-state index < -0.39 is 0 Å². The summed E-state index contributed by atoms with van der Waals surface area (Å²) < 4.78 is 0. The summed E-state index contributed by atoms with van der Waals surface area (Å²) in [5.74, 6) is 0.0474. The maximum Gasteiger partial charge on any atom is 0.243 e. The first kappa shape index (κ1) is 12.0. The quantitative estimate of drug-likeness (QED) is 0.689. The average Bonchev–Trinajstić information content (AvgIpc) is 2.23. The first-order chi connectivity index (χ1) is 7.20. The topological polar surface area (TPSA) is 49.4 Å². The minimum Gasteiger partial charge on any atom is -0.345 e. The van der Waals surface area contributed by atoms with Gasteiger partial charge in [-0.1, -0.05) is 26.7 Å². The van der Waals surface area contributed by atoms with Crippen molar-refractivity contribution in [2.75, 3.05) is 13.1 Å². The molecule has 86 valence electrons. The molecule has 1 atom stereocenters. The predicted octanol–water partition coefficient (Wildman–Crippen LogP) is 0.914. The highest BCUT2D eigenvalue weighted by molar-refractivity contribution is 5.94. The number of piperazine rings is 1. The van der Waals surface area contributed by atoms with Crippen LogP contribution in [0.25, 0.3) is 0 Å². The van der Waals surface area contributed by atoms with E-state index in [9.17, 15) is 9.59 Å². The Bertz CT molecular complexity index is 241. The van der Waals surface area contributed by atoms with Crippen molar-refractivity contribution in [3.05, 3.63) is 0 Å². The van der Waals surface area contributed by atoms with Gasteiger partial charge in [-0.15, -0.1) is 0 Å². The summed E-state index contributed by atoms with van der Waals surface area (Å²) in [6, 6.07) is -0.247. The lowest BCUT2D eigenvalue weighted by molar-refractivity contribution is -0.145. The maximum absolute atomic E-state index is 11.6. The number of nitrogens with one attached hydrogen (secondary N) is 1. The fraction of sp³-hybridized carbons (Fsp3) is 0.818. The Kier molecular flexibility index (Phi) is 4.59. The summed E-state index contributed by atoms with van der Waals surface area (Å²) >= 11 is 0. The Morgan fingerprint density at radius 3 is 2.67 bits per heavy atom. The maximum atomic E-state index is 11.6. The zero-order valence-electron chi connectivity index (χ0n) is 9.58. The average molecular weight is 212 g/mol. The Morgan fingerprint density at radius 2 is 2.07 bits per heavy atom. The molecule has 0 aromatic heterocycles. The van der Waals surface area contributed by atoms with E-state index in [2.05, 4.69) is 12.2 Å². The molecule has 4 nitrogen and oxygen atoms in total. The lowest BCUT2D eigenvalue weighted by Gasteiger charge is -2.34. The molecule has 0 saturated carbocycles. The number of nitrogens with zero attached hydrogens (tertiary/aromatic N) is 1. The second kappa shape index (κ2) is 5.73. The van der Waals surface area contributed by atoms with Crippen LogP contribution in [0.15, 0.2) is 0 Å². The molecule has 4 heteroatoms. The lowest BCUT2D eigenvalue weighted by Crippen LogP contribution is -2.58. The number of hydrogen-bond acceptors (Lipinski definition) is 2. The molecule has 1 aliphatic rings. The summed E-state index contributed by atoms with van der Waals surface area (Å²) in [6.07, 6.45) is 3.93. The fourth-order valence-electron chi connectivity index (χ4n) is 1.92. The van der Waals surface area contributed by atoms with Gasteiger partial charge in [0.15, 0.2) is 0 Å². The second-order valence-corrected chi connectivity index (χ2v) is 3.94. The SMILES string of the molecule is CCCCCN1C(=O)CNC(=O)C1CC. The van der Waals surface area contributed by atoms with Crippen molar-refractivity contribution in [1.82, 2.24) is 10.2 Å². The zero-order valence-corrected chi connectivity index (χ0v) is 9.58. The highest BCUT2D eigenvalue weighted by Crippen LogP contribution is 2.11. The zero-order chi connectivity index (χ0) is 11.3. The normalized spacial score (nSPS) is 21.7. The molecule has 1 saturated heterocycles. The van der Waals surface area contributed by atoms with Gasteiger partial charge < -0.3 is 10.2 Å². The van der Waals surface area contributed by atoms with Crippen LogP contribution in [0.1, 0.15) is 39.5 Å². The van der Waals surface area contributed by atoms with Crippen LogP contribution in [-0.2, 0) is 9.59 Å². The fourth-order valence-corrected chi connectivity index (χ4v) is 1.92. The van der Waals surface area contributed by atoms with Gasteiger partial charge >= 0.3 is 0 Å². The predicted molar refractivity (Wildman–Crippen MR) is 58.3 cm³/mol. The molecule has 0 radical (unpaired) electrons. The van der Waals surface area contributed by atoms with Crippen LogP contribution in [0.5, 0.6) is 0 Å². The van der Waals surface area contributed by atoms with Gasteiger partial charge in [-0.25, -0.2) is 0 Å². The number of rotatable bonds is 5. The van der Waals surface area contributed by atoms with Crippen molar-refractivity contribution in [3.8, 4) is 0 Å². The van der Waals surface area contributed by atoms with Crippen molar-refractivity contribution < 1.29 is 9.59 Å². The summed E-state index contributed by atoms with van der Waals surface area (Å²) in [4.78, 5) is 24.9. The molecule has 1 aliphatic heterocycles. The van der Waals surface area contributed by atoms with E-state index in [1.807, 2.05) is 6.92 Å². The molecule has 2 amide bonds. The van der Waals surface area contributed by atoms with Gasteiger partial charge in [0.2, 0.25) is 11.8 Å². The standard InChI is InChI=1S/C11H20N2O2/c1-3-5-6-7-13-9(4-2)11(15)12-8-10(13)14/h9H,3-8H2,1-2H3,(H,12,15). The number of carbonyl (C=O) groups is 2. The highest BCUT2D eigenvalue weighted by atomic mass is 16.2. The van der Waals surface area contributed by atoms with Gasteiger partial charge in [-0.3, -0.25) is 9.59 Å². The molecule has 1 fully saturated rings. The van der Waals surface area contributed by atoms with Crippen LogP contribution < -0.4 is 5.32 Å². The molecule has 0 spiro atoms. The van der Waals surface area contributed by atoms with E-state index in [0.717, 1.165) is 25.8 Å². The summed E-state index contributed by atoms with van der Waals surface area (Å²) in [6.45, 7) is 4.96. The van der Waals surface area contributed by atoms with E-state index in [1.165, 1.54) is 0 Å². The molecule has 1 N–H and O–H groups in total. The Labute approximate surface area is 91.0 Å². The number of hydrogen-bond donors (Lipinski definition) is 1. The lowest BCUT2D eigenvalue weighted by atomic mass is 10.1. The van der Waals surface area contributed by atoms with Crippen molar-refractivity contribution in [1.29, 1.82) is 0 Å². The van der Waals surface area contributed by atoms with Gasteiger partial charge in [0.05, 0.1) is 6.54 Å². The van der Waals surface area contributed by atoms with E-state index in [0.29, 0.717) is 6.42 Å². The number of amides is 2. The summed E-state index contributed by atoms with van der Waals surface area (Å²) in [7, 11) is 0. The third-order valence-electron chi connectivity index (χ3n) is 2.80. The largest absolute Gasteiger partial charge is 0.345 e. The van der Waals surface area contributed by atoms with Crippen molar-refractivity contribution in [3.63, 3.8) is 0 Å². The molecule has 0 aromatic rings. The minimum atomic E-state index is -0.247. The Hall–Kier alpha value is -1.06. The van der Waals surface area contributed by atoms with Gasteiger partial charge in [0, 0.05) is 6.54 Å². The number of carbonyl (C=O) groups excluding carboxylic acids is 2. The van der Waals surface area contributed by atoms with Crippen LogP contribution in [0, 0.1) is 0 Å². The van der Waals surface area contributed by atoms with Gasteiger partial charge in [0.25, 0.3) is 0 Å². The molecular weight excluding hydrogens is 192 g/mol. The second-order valence-electron chi connectivity index (χ2n) is 3.94. The van der Waals surface area contributed by atoms with Crippen molar-refractivity contribution in [2.24, 2.45) is 0 Å². The number of unbranched alkanes of at least 4 members (excludes halogenated alkanes) is 2. The van der Waals surface area contributed by atoms with Crippen LogP contribution in [0.2, 0.25) is 0 Å². The molecular formula is C11H20N2O2. The van der Waals surface area contributed by atoms with Crippen LogP contribution in [0.4, 0.5) is 0 Å². The third-order valence-corrected chi connectivity index (χ3v) is 2.80. The monoisotopic (exact) mass is 212 g/mol. The molecule has 1 unspecified atom stereocenters. The Balaban J connectivity index is 2.54. The first-order valence-corrected chi connectivity index (χ1v) is 5.77. The summed E-state index contributed by atoms with van der Waals surface area (Å²) in [5.41, 5.74) is 0. The third kappa shape index (κ3) is 2.94. The molecule has 1 rings (SSSR count). The van der Waals surface area contributed by atoms with Gasteiger partial charge in [-0.05, 0) is 12.8 Å². The molecule has 0 bridgehead atoms. The molecule has 15 heavy (non-hydrogen) atoms. The first-order valence-electron chi connectivity index (χ1n) is 5.77. The van der Waals surface area contributed by atoms with E-state index in [-0.39, 0.29) is 24.4 Å². The molecule has 1 heterocycles. The van der Waals surface area contributed by atoms with E-state index >= 15 is 0 Å². The minimum absolute atomic E-state index is 0.00593. The highest BCUT2D eigenvalue weighted by Gasteiger charge is 2.32. The van der Waals surface area contributed by atoms with E-state index in [4.69, 9.17) is 0 Å². The van der Waals surface area contributed by atoms with Crippen molar-refractivity contribution in [2.45, 2.75) is 45.6 Å². The van der Waals surface area contributed by atoms with Crippen LogP contribution in [-0.4, -0.2) is 35.8 Å². The van der Waals surface area contributed by atoms with Crippen LogP contribution >= 0.6 is 0 Å². The van der Waals surface area contributed by atoms with Gasteiger partial charge in [0.1, 0.15) is 6.04 Å². The van der Waals surface area contributed by atoms with E-state index in [1.54, 1.807) is 4.90 Å². The van der Waals surface area contributed by atoms with Crippen LogP contribution in [0.3, 0.4) is 0 Å². The Morgan fingerprint density at radius 1 is 1.33 bits per heavy atom.